The first-order valence-corrected chi connectivity index (χ1v) is 15.0. The first-order valence-electron chi connectivity index (χ1n) is 12.3. The maximum atomic E-state index is 4.71. The topological polar surface area (TPSA) is 180 Å². The molecule has 0 aliphatic carbocycles. The smallest absolute Gasteiger partial charge is 0.412 e. The van der Waals surface area contributed by atoms with Gasteiger partial charge in [-0.3, -0.25) is 19.9 Å². The van der Waals surface area contributed by atoms with Gasteiger partial charge in [0.25, 0.3) is 0 Å². The monoisotopic (exact) mass is 675 g/mol. The van der Waals surface area contributed by atoms with Crippen LogP contribution in [0.3, 0.4) is 0 Å². The van der Waals surface area contributed by atoms with Crippen LogP contribution in [-0.2, 0) is 17.1 Å². The van der Waals surface area contributed by atoms with Crippen LogP contribution in [0.15, 0.2) is 89.3 Å². The van der Waals surface area contributed by atoms with Gasteiger partial charge in [0.2, 0.25) is 0 Å². The molecular formula is C27H28MnN10O2S3+2. The van der Waals surface area contributed by atoms with Crippen molar-refractivity contribution in [2.24, 2.45) is 0 Å². The number of nitrogens with zero attached hydrogens (tertiary/aromatic N) is 7. The average Bonchev–Trinajstić information content (AvgIpc) is 3.80. The first kappa shape index (κ1) is 33.6. The van der Waals surface area contributed by atoms with E-state index in [0.717, 1.165) is 49.6 Å². The molecule has 43 heavy (non-hydrogen) atoms. The van der Waals surface area contributed by atoms with Gasteiger partial charge in [-0.15, -0.1) is 34.0 Å². The molecule has 0 aromatic carbocycles. The van der Waals surface area contributed by atoms with Gasteiger partial charge in [-0.1, -0.05) is 18.2 Å². The molecule has 7 N–H and O–H groups in total. The number of anilines is 3. The van der Waals surface area contributed by atoms with E-state index in [-0.39, 0.29) is 28.0 Å². The van der Waals surface area contributed by atoms with E-state index in [1.807, 2.05) is 70.7 Å². The largest absolute Gasteiger partial charge is 2.00 e. The van der Waals surface area contributed by atoms with Gasteiger partial charge in [-0.2, -0.15) is 0 Å². The number of hydrogen-bond acceptors (Lipinski definition) is 13. The molecule has 0 aliphatic heterocycles. The minimum absolute atomic E-state index is 0. The standard InChI is InChI=1S/C27H24N10S3.Mn.2H2O/c1-4-10-28-19(7-1)22-13-38-25(34-22)31-16-37(17-32-26-35-23(14-39-26)20-8-2-5-11-29-20)18-33-27-36-24(15-40-27)21-9-3-6-12-30-21;;;/h1-15H,16-18H2,(H,31,34)(H,32,35)(H,33,36);;2*1H2/q;+2;;. The van der Waals surface area contributed by atoms with Gasteiger partial charge in [0.05, 0.1) is 37.1 Å². The van der Waals surface area contributed by atoms with Crippen molar-refractivity contribution in [3.63, 3.8) is 0 Å². The summed E-state index contributed by atoms with van der Waals surface area (Å²) < 4.78 is 0. The molecule has 0 saturated heterocycles. The van der Waals surface area contributed by atoms with Crippen molar-refractivity contribution >= 4 is 49.4 Å². The second-order valence-electron chi connectivity index (χ2n) is 8.43. The fourth-order valence-corrected chi connectivity index (χ4v) is 5.75. The number of thiazole rings is 3. The van der Waals surface area contributed by atoms with E-state index in [2.05, 4.69) is 35.8 Å². The summed E-state index contributed by atoms with van der Waals surface area (Å²) in [5.74, 6) is 0. The van der Waals surface area contributed by atoms with Crippen molar-refractivity contribution in [3.8, 4) is 34.2 Å². The van der Waals surface area contributed by atoms with Gasteiger partial charge in [0.1, 0.15) is 17.1 Å². The van der Waals surface area contributed by atoms with Crippen LogP contribution in [0.2, 0.25) is 0 Å². The second kappa shape index (κ2) is 16.7. The SMILES string of the molecule is O.O.[Mn+2].c1ccc(-c2csc(NCN(CNc3nc(-c4ccccn4)cs3)CNc3nc(-c4ccccn4)cs3)n2)nc1. The molecule has 0 aliphatic rings. The maximum absolute atomic E-state index is 4.71. The maximum Gasteiger partial charge on any atom is 2.00 e. The normalized spacial score (nSPS) is 10.3. The summed E-state index contributed by atoms with van der Waals surface area (Å²) >= 11 is 4.66. The molecule has 0 bridgehead atoms. The third-order valence-corrected chi connectivity index (χ3v) is 8.06. The summed E-state index contributed by atoms with van der Waals surface area (Å²) in [6.45, 7) is 1.64. The Hall–Kier alpha value is -3.86. The molecule has 0 fully saturated rings. The number of rotatable bonds is 12. The third-order valence-electron chi connectivity index (χ3n) is 5.66. The minimum atomic E-state index is 0. The number of hydrogen-bond donors (Lipinski definition) is 3. The Balaban J connectivity index is 0.00000169. The molecule has 0 unspecified atom stereocenters. The van der Waals surface area contributed by atoms with Crippen molar-refractivity contribution in [3.05, 3.63) is 89.3 Å². The fourth-order valence-electron chi connectivity index (χ4n) is 3.67. The van der Waals surface area contributed by atoms with Crippen LogP contribution in [0.5, 0.6) is 0 Å². The van der Waals surface area contributed by atoms with E-state index in [9.17, 15) is 0 Å². The molecule has 0 saturated carbocycles. The fraction of sp³-hybridized carbons (Fsp3) is 0.111. The van der Waals surface area contributed by atoms with Crippen molar-refractivity contribution < 1.29 is 28.0 Å². The molecule has 6 aromatic heterocycles. The van der Waals surface area contributed by atoms with E-state index in [1.54, 1.807) is 52.6 Å². The zero-order valence-corrected chi connectivity index (χ0v) is 26.1. The Morgan fingerprint density at radius 1 is 0.488 bits per heavy atom. The molecule has 12 nitrogen and oxygen atoms in total. The summed E-state index contributed by atoms with van der Waals surface area (Å²) in [4.78, 5) is 29.5. The van der Waals surface area contributed by atoms with Crippen LogP contribution in [0, 0.1) is 0 Å². The van der Waals surface area contributed by atoms with Crippen LogP contribution in [-0.4, -0.2) is 65.8 Å². The van der Waals surface area contributed by atoms with Gasteiger partial charge in [-0.25, -0.2) is 15.0 Å². The van der Waals surface area contributed by atoms with Gasteiger partial charge >= 0.3 is 17.1 Å². The zero-order valence-electron chi connectivity index (χ0n) is 22.5. The van der Waals surface area contributed by atoms with Crippen molar-refractivity contribution in [2.45, 2.75) is 0 Å². The van der Waals surface area contributed by atoms with Crippen LogP contribution in [0.25, 0.3) is 34.2 Å². The quantitative estimate of drug-likeness (QED) is 0.124. The predicted molar refractivity (Wildman–Crippen MR) is 171 cm³/mol. The van der Waals surface area contributed by atoms with Crippen molar-refractivity contribution in [1.29, 1.82) is 0 Å². The van der Waals surface area contributed by atoms with Gasteiger partial charge in [0.15, 0.2) is 15.4 Å². The van der Waals surface area contributed by atoms with Crippen LogP contribution < -0.4 is 16.0 Å². The molecule has 6 heterocycles. The molecule has 6 rings (SSSR count). The van der Waals surface area contributed by atoms with E-state index in [1.165, 1.54) is 0 Å². The van der Waals surface area contributed by atoms with Gasteiger partial charge in [0, 0.05) is 34.7 Å². The minimum Gasteiger partial charge on any atom is -0.412 e. The van der Waals surface area contributed by atoms with Crippen LogP contribution in [0.1, 0.15) is 0 Å². The molecule has 0 spiro atoms. The molecule has 6 aromatic rings. The third kappa shape index (κ3) is 9.06. The Bertz CT molecular complexity index is 1440. The molecule has 16 heteroatoms. The van der Waals surface area contributed by atoms with Crippen molar-refractivity contribution in [1.82, 2.24) is 34.8 Å². The summed E-state index contributed by atoms with van der Waals surface area (Å²) in [5.41, 5.74) is 5.12. The van der Waals surface area contributed by atoms with E-state index in [0.29, 0.717) is 20.0 Å². The summed E-state index contributed by atoms with van der Waals surface area (Å²) in [6.07, 6.45) is 5.32. The summed E-state index contributed by atoms with van der Waals surface area (Å²) in [7, 11) is 0. The second-order valence-corrected chi connectivity index (χ2v) is 11.0. The summed E-state index contributed by atoms with van der Waals surface area (Å²) in [5, 5.41) is 18.8. The van der Waals surface area contributed by atoms with Crippen molar-refractivity contribution in [2.75, 3.05) is 36.0 Å². The Labute approximate surface area is 270 Å². The van der Waals surface area contributed by atoms with E-state index >= 15 is 0 Å². The molecule has 0 atom stereocenters. The van der Waals surface area contributed by atoms with Gasteiger partial charge in [-0.05, 0) is 36.4 Å². The predicted octanol–water partition coefficient (Wildman–Crippen LogP) is 4.40. The number of nitrogens with one attached hydrogen (secondary N) is 3. The Morgan fingerprint density at radius 3 is 1.09 bits per heavy atom. The molecule has 1 radical (unpaired) electrons. The van der Waals surface area contributed by atoms with E-state index in [4.69, 9.17) is 15.0 Å². The average molecular weight is 676 g/mol. The number of aromatic nitrogens is 6. The molecular weight excluding hydrogens is 648 g/mol. The first-order chi connectivity index (χ1) is 19.8. The van der Waals surface area contributed by atoms with E-state index < -0.39 is 0 Å². The number of pyridine rings is 3. The Morgan fingerprint density at radius 2 is 0.814 bits per heavy atom. The Kier molecular flexibility index (Phi) is 13.1. The molecule has 221 valence electrons. The van der Waals surface area contributed by atoms with Crippen LogP contribution in [0.4, 0.5) is 15.4 Å². The summed E-state index contributed by atoms with van der Waals surface area (Å²) in [6, 6.07) is 17.5. The zero-order chi connectivity index (χ0) is 27.0. The molecule has 0 amide bonds. The van der Waals surface area contributed by atoms with Gasteiger partial charge < -0.3 is 26.9 Å². The van der Waals surface area contributed by atoms with Crippen LogP contribution >= 0.6 is 34.0 Å².